The number of carbonyl (C=O) groups excluding carboxylic acids is 1. The number of nitrogens with one attached hydrogen (secondary N) is 1. The Kier molecular flexibility index (Phi) is 4.44. The van der Waals surface area contributed by atoms with Gasteiger partial charge in [-0.3, -0.25) is 14.5 Å². The summed E-state index contributed by atoms with van der Waals surface area (Å²) in [6.45, 7) is 4.17. The van der Waals surface area contributed by atoms with Crippen LogP contribution in [-0.4, -0.2) is 51.9 Å². The number of hydrogen-bond acceptors (Lipinski definition) is 5. The minimum Gasteiger partial charge on any atom is -0.338 e. The molecule has 3 heterocycles. The molecule has 26 heavy (non-hydrogen) atoms. The largest absolute Gasteiger partial charge is 0.338 e. The quantitative estimate of drug-likeness (QED) is 0.894. The predicted molar refractivity (Wildman–Crippen MR) is 101 cm³/mol. The topological polar surface area (TPSA) is 69.3 Å². The summed E-state index contributed by atoms with van der Waals surface area (Å²) in [5, 5.41) is 3.17. The van der Waals surface area contributed by atoms with Crippen LogP contribution >= 0.6 is 11.3 Å². The Morgan fingerprint density at radius 3 is 2.88 bits per heavy atom. The normalized spacial score (nSPS) is 21.3. The Labute approximate surface area is 156 Å². The zero-order valence-electron chi connectivity index (χ0n) is 15.2. The van der Waals surface area contributed by atoms with Gasteiger partial charge in [-0.05, 0) is 50.3 Å². The number of aryl methyl sites for hydroxylation is 1. The van der Waals surface area contributed by atoms with Crippen molar-refractivity contribution in [2.45, 2.75) is 38.8 Å². The highest BCUT2D eigenvalue weighted by atomic mass is 32.1. The Morgan fingerprint density at radius 2 is 2.23 bits per heavy atom. The first-order chi connectivity index (χ1) is 12.5. The second-order valence-corrected chi connectivity index (χ2v) is 8.56. The van der Waals surface area contributed by atoms with Gasteiger partial charge in [-0.15, -0.1) is 11.3 Å². The number of likely N-dealkylation sites (tertiary alicyclic amines) is 1. The Hall–Kier alpha value is -1.99. The summed E-state index contributed by atoms with van der Waals surface area (Å²) in [5.74, 6) is -0.132. The molecule has 2 fully saturated rings. The number of amides is 1. The van der Waals surface area contributed by atoms with Gasteiger partial charge in [-0.2, -0.15) is 0 Å². The molecule has 6 nitrogen and oxygen atoms in total. The highest BCUT2D eigenvalue weighted by molar-refractivity contribution is 7.09. The molecule has 1 aliphatic heterocycles. The van der Waals surface area contributed by atoms with Crippen LogP contribution in [0.4, 0.5) is 0 Å². The lowest BCUT2D eigenvalue weighted by Crippen LogP contribution is -2.43. The van der Waals surface area contributed by atoms with Gasteiger partial charge >= 0.3 is 0 Å². The lowest BCUT2D eigenvalue weighted by atomic mass is 9.91. The molecule has 4 rings (SSSR count). The molecule has 1 amide bonds. The number of thiazole rings is 1. The van der Waals surface area contributed by atoms with Crippen molar-refractivity contribution in [1.29, 1.82) is 0 Å². The van der Waals surface area contributed by atoms with Crippen molar-refractivity contribution in [3.05, 3.63) is 50.3 Å². The molecule has 1 spiro atoms. The van der Waals surface area contributed by atoms with Gasteiger partial charge < -0.3 is 9.88 Å². The van der Waals surface area contributed by atoms with Crippen LogP contribution < -0.4 is 5.56 Å². The fourth-order valence-electron chi connectivity index (χ4n) is 4.30. The smallest absolute Gasteiger partial charge is 0.261 e. The van der Waals surface area contributed by atoms with E-state index in [1.807, 2.05) is 23.4 Å². The predicted octanol–water partition coefficient (Wildman–Crippen LogP) is 2.27. The van der Waals surface area contributed by atoms with Crippen molar-refractivity contribution in [1.82, 2.24) is 19.8 Å². The van der Waals surface area contributed by atoms with E-state index in [-0.39, 0.29) is 17.0 Å². The standard InChI is InChI=1S/C19H24N4O2S/c1-13-3-6-21-17(24)16(13)18(25)23-8-4-19(5-9-23)11-14(19)22(2)12-15-20-7-10-26-15/h3,6-7,10,14H,4-5,8-9,11-12H2,1-2H3,(H,21,24). The van der Waals surface area contributed by atoms with Gasteiger partial charge in [0.15, 0.2) is 0 Å². The molecule has 2 aliphatic rings. The number of carbonyl (C=O) groups is 1. The Bertz CT molecular complexity index is 853. The van der Waals surface area contributed by atoms with E-state index in [9.17, 15) is 9.59 Å². The summed E-state index contributed by atoms with van der Waals surface area (Å²) in [6.07, 6.45) is 6.66. The van der Waals surface area contributed by atoms with Crippen molar-refractivity contribution < 1.29 is 4.79 Å². The third-order valence-corrected chi connectivity index (χ3v) is 6.74. The molecule has 1 saturated heterocycles. The SMILES string of the molecule is Cc1cc[nH]c(=O)c1C(=O)N1CCC2(CC1)CC2N(C)Cc1nccs1. The molecular formula is C19H24N4O2S. The molecule has 2 aromatic heterocycles. The van der Waals surface area contributed by atoms with E-state index >= 15 is 0 Å². The zero-order chi connectivity index (χ0) is 18.3. The number of aromatic amines is 1. The number of hydrogen-bond donors (Lipinski definition) is 1. The van der Waals surface area contributed by atoms with Crippen LogP contribution in [0.25, 0.3) is 0 Å². The first-order valence-corrected chi connectivity index (χ1v) is 9.94. The molecular weight excluding hydrogens is 348 g/mol. The zero-order valence-corrected chi connectivity index (χ0v) is 16.0. The number of nitrogens with zero attached hydrogens (tertiary/aromatic N) is 3. The summed E-state index contributed by atoms with van der Waals surface area (Å²) in [4.78, 5) is 36.1. The first kappa shape index (κ1) is 17.4. The summed E-state index contributed by atoms with van der Waals surface area (Å²) >= 11 is 1.70. The van der Waals surface area contributed by atoms with Crippen molar-refractivity contribution in [3.63, 3.8) is 0 Å². The number of piperidine rings is 1. The molecule has 138 valence electrons. The van der Waals surface area contributed by atoms with Gasteiger partial charge in [-0.1, -0.05) is 0 Å². The second kappa shape index (κ2) is 6.63. The fraction of sp³-hybridized carbons (Fsp3) is 0.526. The summed E-state index contributed by atoms with van der Waals surface area (Å²) in [7, 11) is 2.17. The van der Waals surface area contributed by atoms with Crippen molar-refractivity contribution in [2.75, 3.05) is 20.1 Å². The van der Waals surface area contributed by atoms with Gasteiger partial charge in [0.05, 0.1) is 6.54 Å². The highest BCUT2D eigenvalue weighted by Gasteiger charge is 2.56. The van der Waals surface area contributed by atoms with Crippen LogP contribution in [0.2, 0.25) is 0 Å². The fourth-order valence-corrected chi connectivity index (χ4v) is 4.98. The van der Waals surface area contributed by atoms with Gasteiger partial charge in [0, 0.05) is 36.9 Å². The Balaban J connectivity index is 1.38. The van der Waals surface area contributed by atoms with Crippen LogP contribution in [0.5, 0.6) is 0 Å². The van der Waals surface area contributed by atoms with Crippen molar-refractivity contribution in [3.8, 4) is 0 Å². The Morgan fingerprint density at radius 1 is 1.46 bits per heavy atom. The third kappa shape index (κ3) is 3.10. The molecule has 0 aromatic carbocycles. The summed E-state index contributed by atoms with van der Waals surface area (Å²) in [6, 6.07) is 2.36. The minimum absolute atomic E-state index is 0.132. The van der Waals surface area contributed by atoms with Crippen LogP contribution in [0.15, 0.2) is 28.6 Å². The first-order valence-electron chi connectivity index (χ1n) is 9.06. The summed E-state index contributed by atoms with van der Waals surface area (Å²) < 4.78 is 0. The van der Waals surface area contributed by atoms with E-state index < -0.39 is 0 Å². The molecule has 1 saturated carbocycles. The minimum atomic E-state index is -0.289. The molecule has 7 heteroatoms. The summed E-state index contributed by atoms with van der Waals surface area (Å²) in [5.41, 5.74) is 1.08. The van der Waals surface area contributed by atoms with E-state index in [0.29, 0.717) is 11.5 Å². The molecule has 1 N–H and O–H groups in total. The van der Waals surface area contributed by atoms with Crippen LogP contribution in [0.3, 0.4) is 0 Å². The van der Waals surface area contributed by atoms with Gasteiger partial charge in [0.2, 0.25) is 0 Å². The molecule has 0 radical (unpaired) electrons. The number of H-pyrrole nitrogens is 1. The molecule has 2 aromatic rings. The average Bonchev–Trinajstić information content (AvgIpc) is 3.07. The molecule has 0 bridgehead atoms. The molecule has 1 unspecified atom stereocenters. The number of aromatic nitrogens is 2. The molecule has 1 aliphatic carbocycles. The average molecular weight is 372 g/mol. The van der Waals surface area contributed by atoms with Crippen LogP contribution in [0, 0.1) is 12.3 Å². The van der Waals surface area contributed by atoms with E-state index in [4.69, 9.17) is 0 Å². The molecule has 1 atom stereocenters. The third-order valence-electron chi connectivity index (χ3n) is 5.98. The number of rotatable bonds is 4. The maximum absolute atomic E-state index is 12.8. The second-order valence-electron chi connectivity index (χ2n) is 7.58. The van der Waals surface area contributed by atoms with Crippen LogP contribution in [0.1, 0.15) is 40.2 Å². The monoisotopic (exact) mass is 372 g/mol. The maximum atomic E-state index is 12.8. The highest BCUT2D eigenvalue weighted by Crippen LogP contribution is 2.56. The maximum Gasteiger partial charge on any atom is 0.261 e. The van der Waals surface area contributed by atoms with Gasteiger partial charge in [0.1, 0.15) is 10.6 Å². The van der Waals surface area contributed by atoms with Crippen molar-refractivity contribution >= 4 is 17.2 Å². The van der Waals surface area contributed by atoms with Gasteiger partial charge in [0.25, 0.3) is 11.5 Å². The van der Waals surface area contributed by atoms with E-state index in [1.54, 1.807) is 23.6 Å². The van der Waals surface area contributed by atoms with E-state index in [1.165, 1.54) is 6.42 Å². The lowest BCUT2D eigenvalue weighted by molar-refractivity contribution is 0.0655. The lowest BCUT2D eigenvalue weighted by Gasteiger charge is -2.34. The van der Waals surface area contributed by atoms with Gasteiger partial charge in [-0.25, -0.2) is 4.98 Å². The van der Waals surface area contributed by atoms with Crippen molar-refractivity contribution in [2.24, 2.45) is 5.41 Å². The van der Waals surface area contributed by atoms with E-state index in [2.05, 4.69) is 21.9 Å². The number of pyridine rings is 1. The van der Waals surface area contributed by atoms with Crippen LogP contribution in [-0.2, 0) is 6.54 Å². The van der Waals surface area contributed by atoms with E-state index in [0.717, 1.165) is 43.0 Å².